The van der Waals surface area contributed by atoms with Crippen LogP contribution in [0.3, 0.4) is 0 Å². The van der Waals surface area contributed by atoms with Crippen molar-refractivity contribution >= 4 is 11.8 Å². The first-order valence-electron chi connectivity index (χ1n) is 12.8. The van der Waals surface area contributed by atoms with Gasteiger partial charge in [-0.15, -0.1) is 0 Å². The lowest BCUT2D eigenvalue weighted by Gasteiger charge is -2.49. The van der Waals surface area contributed by atoms with Gasteiger partial charge in [0.1, 0.15) is 11.1 Å². The molecule has 15 N–H and O–H groups in total. The van der Waals surface area contributed by atoms with Crippen LogP contribution >= 0.6 is 0 Å². The Bertz CT molecular complexity index is 642. The molecule has 0 aliphatic carbocycles. The Balaban J connectivity index is 0.000000858. The minimum atomic E-state index is -1.47. The first-order chi connectivity index (χ1) is 19.0. The predicted octanol–water partition coefficient (Wildman–Crippen LogP) is -8.09. The van der Waals surface area contributed by atoms with Crippen LogP contribution in [0, 0.1) is 10.8 Å². The smallest absolute Gasteiger partial charge is 0.221 e. The fourth-order valence-electron chi connectivity index (χ4n) is 3.86. The van der Waals surface area contributed by atoms with Crippen LogP contribution in [0.5, 0.6) is 0 Å². The highest BCUT2D eigenvalue weighted by molar-refractivity contribution is 5.77. The lowest BCUT2D eigenvalue weighted by molar-refractivity contribution is -0.163. The van der Waals surface area contributed by atoms with Crippen LogP contribution in [-0.2, 0) is 9.59 Å². The molecule has 1 rings (SSSR count). The molecule has 0 aromatic heterocycles. The maximum absolute atomic E-state index is 11.7. The Labute approximate surface area is 232 Å². The van der Waals surface area contributed by atoms with Crippen molar-refractivity contribution in [3.63, 3.8) is 0 Å². The second kappa shape index (κ2) is 18.8. The van der Waals surface area contributed by atoms with E-state index in [0.717, 1.165) is 0 Å². The third kappa shape index (κ3) is 10.4. The molecule has 0 bridgehead atoms. The van der Waals surface area contributed by atoms with Gasteiger partial charge in [0, 0.05) is 39.0 Å². The van der Waals surface area contributed by atoms with Crippen molar-refractivity contribution in [3.05, 3.63) is 0 Å². The molecule has 0 aromatic carbocycles. The minimum Gasteiger partial charge on any atom is -0.396 e. The third-order valence-corrected chi connectivity index (χ3v) is 7.06. The summed E-state index contributed by atoms with van der Waals surface area (Å²) >= 11 is 0. The van der Waals surface area contributed by atoms with Gasteiger partial charge in [-0.3, -0.25) is 9.59 Å². The highest BCUT2D eigenvalue weighted by Gasteiger charge is 2.52. The quantitative estimate of drug-likeness (QED) is 0.0661. The molecule has 0 spiro atoms. The van der Waals surface area contributed by atoms with Gasteiger partial charge in [-0.2, -0.15) is 0 Å². The van der Waals surface area contributed by atoms with E-state index in [0.29, 0.717) is 0 Å². The summed E-state index contributed by atoms with van der Waals surface area (Å²) in [6, 6.07) is 0. The fourth-order valence-corrected chi connectivity index (χ4v) is 3.86. The molecule has 0 radical (unpaired) electrons. The molecule has 1 saturated heterocycles. The molecular formula is C23H48N4O13. The normalized spacial score (nSPS) is 17.1. The van der Waals surface area contributed by atoms with Gasteiger partial charge >= 0.3 is 0 Å². The fraction of sp³-hybridized carbons (Fsp3) is 0.913. The van der Waals surface area contributed by atoms with Crippen LogP contribution in [0.1, 0.15) is 12.8 Å². The zero-order valence-corrected chi connectivity index (χ0v) is 22.6. The molecule has 1 fully saturated rings. The van der Waals surface area contributed by atoms with E-state index in [9.17, 15) is 35.1 Å². The van der Waals surface area contributed by atoms with Crippen LogP contribution in [0.4, 0.5) is 0 Å². The summed E-state index contributed by atoms with van der Waals surface area (Å²) in [6.45, 7) is -4.34. The summed E-state index contributed by atoms with van der Waals surface area (Å²) in [6.07, 6.45) is -1.15. The topological polar surface area (TPSA) is 305 Å². The molecule has 1 aliphatic heterocycles. The van der Waals surface area contributed by atoms with Gasteiger partial charge in [-0.1, -0.05) is 0 Å². The Hall–Kier alpha value is -1.58. The van der Waals surface area contributed by atoms with E-state index in [1.807, 2.05) is 0 Å². The van der Waals surface area contributed by atoms with Gasteiger partial charge in [-0.05, 0) is 0 Å². The molecule has 1 heterocycles. The summed E-state index contributed by atoms with van der Waals surface area (Å²) in [5.74, 6) is -0.983. The summed E-state index contributed by atoms with van der Waals surface area (Å²) in [5.41, 5.74) is -5.16. The number of carbonyl (C=O) groups excluding carboxylic acids is 2. The molecule has 2 amide bonds. The lowest BCUT2D eigenvalue weighted by Crippen LogP contribution is -2.66. The number of piperidine rings is 1. The van der Waals surface area contributed by atoms with Gasteiger partial charge in [0.15, 0.2) is 0 Å². The first-order valence-corrected chi connectivity index (χ1v) is 12.8. The van der Waals surface area contributed by atoms with Crippen molar-refractivity contribution in [2.24, 2.45) is 10.8 Å². The number of aliphatic hydroxyl groups is 11. The van der Waals surface area contributed by atoms with Crippen LogP contribution < -0.4 is 21.3 Å². The van der Waals surface area contributed by atoms with Crippen molar-refractivity contribution in [1.82, 2.24) is 21.3 Å². The Kier molecular flexibility index (Phi) is 18.0. The van der Waals surface area contributed by atoms with Crippen LogP contribution in [0.2, 0.25) is 0 Å². The molecule has 0 saturated carbocycles. The van der Waals surface area contributed by atoms with E-state index in [1.54, 1.807) is 0 Å². The lowest BCUT2D eigenvalue weighted by atomic mass is 9.66. The van der Waals surface area contributed by atoms with Crippen molar-refractivity contribution in [2.75, 3.05) is 92.2 Å². The zero-order valence-electron chi connectivity index (χ0n) is 22.6. The SMILES string of the molecule is O=C(CCNCCC(=O)NC(CO)(CO)CO)NC(CO)(CO)CO.OCC1(CO)CNCC(CO)(CO)C1O. The predicted molar refractivity (Wildman–Crippen MR) is 138 cm³/mol. The minimum absolute atomic E-state index is 0.00275. The molecule has 0 unspecified atom stereocenters. The van der Waals surface area contributed by atoms with E-state index in [4.69, 9.17) is 30.6 Å². The summed E-state index contributed by atoms with van der Waals surface area (Å²) in [5, 5.41) is 112. The van der Waals surface area contributed by atoms with Gasteiger partial charge < -0.3 is 77.4 Å². The van der Waals surface area contributed by atoms with Gasteiger partial charge in [-0.25, -0.2) is 0 Å². The largest absolute Gasteiger partial charge is 0.396 e. The molecule has 17 heteroatoms. The van der Waals surface area contributed by atoms with E-state index in [1.165, 1.54) is 0 Å². The van der Waals surface area contributed by atoms with Gasteiger partial charge in [0.25, 0.3) is 0 Å². The van der Waals surface area contributed by atoms with Crippen molar-refractivity contribution in [2.45, 2.75) is 30.0 Å². The van der Waals surface area contributed by atoms with E-state index < -0.39 is 106 Å². The summed E-state index contributed by atoms with van der Waals surface area (Å²) in [4.78, 5) is 23.4. The number of aliphatic hydroxyl groups excluding tert-OH is 11. The van der Waals surface area contributed by atoms with Gasteiger partial charge in [0.05, 0.1) is 83.0 Å². The van der Waals surface area contributed by atoms with Gasteiger partial charge in [0.2, 0.25) is 11.8 Å². The number of hydrogen-bond donors (Lipinski definition) is 15. The Morgan fingerprint density at radius 1 is 0.625 bits per heavy atom. The van der Waals surface area contributed by atoms with E-state index in [2.05, 4.69) is 21.3 Å². The van der Waals surface area contributed by atoms with Crippen LogP contribution in [0.25, 0.3) is 0 Å². The molecule has 0 aromatic rings. The summed E-state index contributed by atoms with van der Waals surface area (Å²) in [7, 11) is 0. The monoisotopic (exact) mass is 588 g/mol. The number of carbonyl (C=O) groups is 2. The number of hydrogen-bond acceptors (Lipinski definition) is 15. The van der Waals surface area contributed by atoms with Crippen LogP contribution in [0.15, 0.2) is 0 Å². The average Bonchev–Trinajstić information content (AvgIpc) is 2.99. The molecular weight excluding hydrogens is 540 g/mol. The van der Waals surface area contributed by atoms with Crippen molar-refractivity contribution < 1.29 is 65.8 Å². The molecule has 40 heavy (non-hydrogen) atoms. The number of rotatable bonds is 18. The molecule has 0 atom stereocenters. The Morgan fingerprint density at radius 2 is 0.925 bits per heavy atom. The van der Waals surface area contributed by atoms with Crippen LogP contribution in [-0.4, -0.2) is 177 Å². The number of amides is 2. The summed E-state index contributed by atoms with van der Waals surface area (Å²) < 4.78 is 0. The second-order valence-electron chi connectivity index (χ2n) is 10.2. The van der Waals surface area contributed by atoms with E-state index in [-0.39, 0.29) is 39.0 Å². The third-order valence-electron chi connectivity index (χ3n) is 7.06. The maximum atomic E-state index is 11.7. The van der Waals surface area contributed by atoms with E-state index >= 15 is 0 Å². The second-order valence-corrected chi connectivity index (χ2v) is 10.2. The van der Waals surface area contributed by atoms with Crippen molar-refractivity contribution in [1.29, 1.82) is 0 Å². The zero-order chi connectivity index (χ0) is 30.9. The molecule has 238 valence electrons. The number of nitrogens with one attached hydrogen (secondary N) is 4. The standard InChI is InChI=1S/C14H29N3O8.C9H19NO5/c18-5-13(6-19,7-20)16-11(24)1-3-15-4-2-12(25)17-14(8-21,9-22)10-23;11-3-8(4-12)1-10-2-9(5-13,6-14)7(8)15/h15,18-23H,1-10H2,(H,16,24)(H,17,25);7,10-15H,1-6H2. The highest BCUT2D eigenvalue weighted by Crippen LogP contribution is 2.37. The maximum Gasteiger partial charge on any atom is 0.221 e. The molecule has 1 aliphatic rings. The first kappa shape index (κ1) is 38.4. The van der Waals surface area contributed by atoms with Crippen molar-refractivity contribution in [3.8, 4) is 0 Å². The average molecular weight is 589 g/mol. The Morgan fingerprint density at radius 3 is 1.18 bits per heavy atom. The highest BCUT2D eigenvalue weighted by atomic mass is 16.3. The molecule has 17 nitrogen and oxygen atoms in total.